The van der Waals surface area contributed by atoms with E-state index in [1.54, 1.807) is 0 Å². The summed E-state index contributed by atoms with van der Waals surface area (Å²) < 4.78 is 4.85. The number of fused-ring (bicyclic) bond motifs is 6. The summed E-state index contributed by atoms with van der Waals surface area (Å²) in [5, 5.41) is 4.95. The molecule has 0 aliphatic heterocycles. The zero-order chi connectivity index (χ0) is 38.4. The number of anilines is 6. The van der Waals surface area contributed by atoms with Crippen molar-refractivity contribution >= 4 is 77.7 Å². The predicted molar refractivity (Wildman–Crippen MR) is 244 cm³/mol. The van der Waals surface area contributed by atoms with Gasteiger partial charge >= 0.3 is 0 Å². The number of para-hydroxylation sites is 6. The van der Waals surface area contributed by atoms with Crippen LogP contribution in [0.2, 0.25) is 0 Å². The predicted octanol–water partition coefficient (Wildman–Crippen LogP) is 14.8. The Morgan fingerprint density at radius 1 is 0.224 bits per heavy atom. The lowest BCUT2D eigenvalue weighted by molar-refractivity contribution is 1.16. The second-order valence-electron chi connectivity index (χ2n) is 14.6. The van der Waals surface area contributed by atoms with Crippen LogP contribution in [-0.2, 0) is 0 Å². The maximum atomic E-state index is 2.42. The highest BCUT2D eigenvalue weighted by Crippen LogP contribution is 2.42. The third-order valence-electron chi connectivity index (χ3n) is 11.3. The van der Waals surface area contributed by atoms with Crippen LogP contribution in [0.4, 0.5) is 34.1 Å². The Hall–Kier alpha value is -7.82. The van der Waals surface area contributed by atoms with Crippen LogP contribution in [0.5, 0.6) is 0 Å². The van der Waals surface area contributed by atoms with Crippen molar-refractivity contribution in [2.24, 2.45) is 0 Å². The van der Waals surface area contributed by atoms with E-state index >= 15 is 0 Å². The standard InChI is InChI=1S/C54H38N4/c1-5-17-39(18-6-1)55(40-19-7-2-8-20-40)43-29-33-45(34-30-43)57-51-27-15-13-25-47(51)49-37-50-48-26-14-16-28-52(48)58(54(50)38-53(49)57)46-35-31-44(32-36-46)56(41-21-9-3-10-22-41)42-23-11-4-12-24-42/h1-38H. The Balaban J connectivity index is 1.07. The maximum absolute atomic E-state index is 2.42. The third kappa shape index (κ3) is 5.62. The van der Waals surface area contributed by atoms with Crippen LogP contribution in [0.15, 0.2) is 231 Å². The average Bonchev–Trinajstić information content (AvgIpc) is 3.80. The summed E-state index contributed by atoms with van der Waals surface area (Å²) in [5.74, 6) is 0. The molecule has 0 unspecified atom stereocenters. The van der Waals surface area contributed by atoms with Gasteiger partial charge in [-0.2, -0.15) is 0 Å². The molecule has 4 heteroatoms. The summed E-state index contributed by atoms with van der Waals surface area (Å²) in [5.41, 5.74) is 13.6. The molecule has 2 heterocycles. The van der Waals surface area contributed by atoms with Gasteiger partial charge in [-0.1, -0.05) is 109 Å². The molecule has 4 nitrogen and oxygen atoms in total. The molecular formula is C54H38N4. The molecule has 0 bridgehead atoms. The van der Waals surface area contributed by atoms with E-state index in [4.69, 9.17) is 0 Å². The Kier molecular flexibility index (Phi) is 8.11. The van der Waals surface area contributed by atoms with Gasteiger partial charge in [-0.15, -0.1) is 0 Å². The quantitative estimate of drug-likeness (QED) is 0.154. The van der Waals surface area contributed by atoms with Gasteiger partial charge in [0.05, 0.1) is 22.1 Å². The summed E-state index contributed by atoms with van der Waals surface area (Å²) in [6.07, 6.45) is 0. The third-order valence-corrected chi connectivity index (χ3v) is 11.3. The van der Waals surface area contributed by atoms with Crippen LogP contribution < -0.4 is 9.80 Å². The first-order chi connectivity index (χ1) is 28.8. The minimum Gasteiger partial charge on any atom is -0.311 e. The first-order valence-corrected chi connectivity index (χ1v) is 19.8. The van der Waals surface area contributed by atoms with Crippen molar-refractivity contribution in [2.75, 3.05) is 9.80 Å². The molecule has 9 aromatic carbocycles. The fraction of sp³-hybridized carbons (Fsp3) is 0. The Morgan fingerprint density at radius 3 is 0.862 bits per heavy atom. The molecule has 0 aliphatic carbocycles. The molecular weight excluding hydrogens is 705 g/mol. The van der Waals surface area contributed by atoms with Gasteiger partial charge in [-0.05, 0) is 121 Å². The molecule has 274 valence electrons. The SMILES string of the molecule is c1ccc(N(c2ccccc2)c2ccc(-n3c4ccccc4c4cc5c6ccccc6n(-c6ccc(N(c7ccccc7)c7ccccc7)cc6)c5cc43)cc2)cc1. The average molecular weight is 743 g/mol. The lowest BCUT2D eigenvalue weighted by Gasteiger charge is -2.25. The highest BCUT2D eigenvalue weighted by atomic mass is 15.1. The van der Waals surface area contributed by atoms with E-state index in [2.05, 4.69) is 249 Å². The molecule has 0 saturated carbocycles. The summed E-state index contributed by atoms with van der Waals surface area (Å²) in [6, 6.07) is 82.6. The lowest BCUT2D eigenvalue weighted by atomic mass is 10.1. The number of nitrogens with zero attached hydrogens (tertiary/aromatic N) is 4. The molecule has 11 rings (SSSR count). The van der Waals surface area contributed by atoms with Gasteiger partial charge in [0.2, 0.25) is 0 Å². The largest absolute Gasteiger partial charge is 0.311 e. The summed E-state index contributed by atoms with van der Waals surface area (Å²) in [7, 11) is 0. The molecule has 0 spiro atoms. The summed E-state index contributed by atoms with van der Waals surface area (Å²) >= 11 is 0. The molecule has 0 aliphatic rings. The van der Waals surface area contributed by atoms with Crippen molar-refractivity contribution in [1.82, 2.24) is 9.13 Å². The van der Waals surface area contributed by atoms with Gasteiger partial charge in [-0.25, -0.2) is 0 Å². The number of rotatable bonds is 8. The van der Waals surface area contributed by atoms with Crippen LogP contribution in [0.25, 0.3) is 55.0 Å². The summed E-state index contributed by atoms with van der Waals surface area (Å²) in [6.45, 7) is 0. The van der Waals surface area contributed by atoms with E-state index in [1.165, 1.54) is 43.6 Å². The van der Waals surface area contributed by atoms with Crippen molar-refractivity contribution < 1.29 is 0 Å². The van der Waals surface area contributed by atoms with Gasteiger partial charge < -0.3 is 18.9 Å². The van der Waals surface area contributed by atoms with Crippen LogP contribution in [-0.4, -0.2) is 9.13 Å². The zero-order valence-corrected chi connectivity index (χ0v) is 31.7. The van der Waals surface area contributed by atoms with Crippen molar-refractivity contribution in [3.8, 4) is 11.4 Å². The number of hydrogen-bond donors (Lipinski definition) is 0. The fourth-order valence-corrected chi connectivity index (χ4v) is 8.69. The molecule has 0 fully saturated rings. The Bertz CT molecular complexity index is 2890. The lowest BCUT2D eigenvalue weighted by Crippen LogP contribution is -2.09. The monoisotopic (exact) mass is 742 g/mol. The first kappa shape index (κ1) is 33.5. The maximum Gasteiger partial charge on any atom is 0.0562 e. The van der Waals surface area contributed by atoms with Gasteiger partial charge in [-0.3, -0.25) is 0 Å². The molecule has 0 amide bonds. The van der Waals surface area contributed by atoms with E-state index in [0.29, 0.717) is 0 Å². The minimum atomic E-state index is 1.10. The van der Waals surface area contributed by atoms with Crippen LogP contribution >= 0.6 is 0 Å². The second-order valence-corrected chi connectivity index (χ2v) is 14.6. The highest BCUT2D eigenvalue weighted by molar-refractivity contribution is 6.19. The molecule has 0 radical (unpaired) electrons. The zero-order valence-electron chi connectivity index (χ0n) is 31.7. The fourth-order valence-electron chi connectivity index (χ4n) is 8.69. The highest BCUT2D eigenvalue weighted by Gasteiger charge is 2.20. The number of hydrogen-bond acceptors (Lipinski definition) is 2. The molecule has 58 heavy (non-hydrogen) atoms. The molecule has 0 saturated heterocycles. The van der Waals surface area contributed by atoms with Crippen molar-refractivity contribution in [3.63, 3.8) is 0 Å². The number of benzene rings is 9. The molecule has 0 atom stereocenters. The molecule has 0 N–H and O–H groups in total. The van der Waals surface area contributed by atoms with E-state index in [9.17, 15) is 0 Å². The summed E-state index contributed by atoms with van der Waals surface area (Å²) in [4.78, 5) is 4.61. The van der Waals surface area contributed by atoms with Gasteiger partial charge in [0.25, 0.3) is 0 Å². The second kappa shape index (κ2) is 14.0. The number of aromatic nitrogens is 2. The van der Waals surface area contributed by atoms with Crippen molar-refractivity contribution in [2.45, 2.75) is 0 Å². The van der Waals surface area contributed by atoms with E-state index in [-0.39, 0.29) is 0 Å². The van der Waals surface area contributed by atoms with Crippen molar-refractivity contribution in [1.29, 1.82) is 0 Å². The van der Waals surface area contributed by atoms with E-state index < -0.39 is 0 Å². The molecule has 11 aromatic rings. The van der Waals surface area contributed by atoms with Crippen molar-refractivity contribution in [3.05, 3.63) is 231 Å². The topological polar surface area (TPSA) is 16.3 Å². The smallest absolute Gasteiger partial charge is 0.0562 e. The van der Waals surface area contributed by atoms with Gasteiger partial charge in [0, 0.05) is 67.0 Å². The van der Waals surface area contributed by atoms with E-state index in [1.807, 2.05) is 0 Å². The van der Waals surface area contributed by atoms with Crippen LogP contribution in [0.1, 0.15) is 0 Å². The van der Waals surface area contributed by atoms with Crippen LogP contribution in [0.3, 0.4) is 0 Å². The van der Waals surface area contributed by atoms with Gasteiger partial charge in [0.15, 0.2) is 0 Å². The van der Waals surface area contributed by atoms with Gasteiger partial charge in [0.1, 0.15) is 0 Å². The normalized spacial score (nSPS) is 11.4. The van der Waals surface area contributed by atoms with E-state index in [0.717, 1.165) is 45.5 Å². The minimum absolute atomic E-state index is 1.10. The molecule has 2 aromatic heterocycles. The van der Waals surface area contributed by atoms with Crippen LogP contribution in [0, 0.1) is 0 Å². The Labute approximate surface area is 337 Å². The Morgan fingerprint density at radius 2 is 0.517 bits per heavy atom. The first-order valence-electron chi connectivity index (χ1n) is 19.8.